The van der Waals surface area contributed by atoms with Gasteiger partial charge < -0.3 is 14.7 Å². The Morgan fingerprint density at radius 2 is 1.71 bits per heavy atom. The van der Waals surface area contributed by atoms with E-state index in [1.807, 2.05) is 42.2 Å². The Balaban J connectivity index is 1.83. The summed E-state index contributed by atoms with van der Waals surface area (Å²) in [5.41, 5.74) is 1.79. The molecule has 1 saturated heterocycles. The van der Waals surface area contributed by atoms with Crippen LogP contribution in [0.15, 0.2) is 36.0 Å². The largest absolute Gasteiger partial charge is 0.395 e. The van der Waals surface area contributed by atoms with Gasteiger partial charge in [-0.2, -0.15) is 0 Å². The number of imide groups is 1. The second kappa shape index (κ2) is 9.82. The zero-order valence-corrected chi connectivity index (χ0v) is 16.5. The summed E-state index contributed by atoms with van der Waals surface area (Å²) < 4.78 is 5.35. The SMILES string of the molecule is CCOCCCN1C(=O)C(c2ccccc2)=C(N2CCN(CCO)CC2)C1=O. The average Bonchev–Trinajstić information content (AvgIpc) is 2.97. The van der Waals surface area contributed by atoms with E-state index >= 15 is 0 Å². The molecule has 1 fully saturated rings. The third-order valence-corrected chi connectivity index (χ3v) is 5.19. The summed E-state index contributed by atoms with van der Waals surface area (Å²) in [6, 6.07) is 9.43. The molecular weight excluding hydrogens is 358 g/mol. The van der Waals surface area contributed by atoms with Crippen molar-refractivity contribution in [2.24, 2.45) is 0 Å². The van der Waals surface area contributed by atoms with Crippen molar-refractivity contribution in [2.45, 2.75) is 13.3 Å². The molecule has 0 aromatic heterocycles. The van der Waals surface area contributed by atoms with Crippen molar-refractivity contribution < 1.29 is 19.4 Å². The number of carbonyl (C=O) groups is 2. The summed E-state index contributed by atoms with van der Waals surface area (Å²) in [5.74, 6) is -0.434. The van der Waals surface area contributed by atoms with Crippen molar-refractivity contribution in [3.63, 3.8) is 0 Å². The summed E-state index contributed by atoms with van der Waals surface area (Å²) >= 11 is 0. The number of ether oxygens (including phenoxy) is 1. The van der Waals surface area contributed by atoms with Crippen LogP contribution < -0.4 is 0 Å². The molecule has 7 heteroatoms. The maximum Gasteiger partial charge on any atom is 0.277 e. The summed E-state index contributed by atoms with van der Waals surface area (Å²) in [6.07, 6.45) is 0.630. The van der Waals surface area contributed by atoms with Crippen LogP contribution in [0.4, 0.5) is 0 Å². The lowest BCUT2D eigenvalue weighted by Gasteiger charge is -2.36. The molecule has 2 aliphatic rings. The van der Waals surface area contributed by atoms with E-state index in [4.69, 9.17) is 9.84 Å². The van der Waals surface area contributed by atoms with Crippen LogP contribution in [-0.4, -0.2) is 90.7 Å². The molecule has 2 amide bonds. The number of hydrogen-bond donors (Lipinski definition) is 1. The Morgan fingerprint density at radius 3 is 2.36 bits per heavy atom. The lowest BCUT2D eigenvalue weighted by molar-refractivity contribution is -0.137. The van der Waals surface area contributed by atoms with E-state index in [9.17, 15) is 9.59 Å². The fraction of sp³-hybridized carbons (Fsp3) is 0.524. The molecule has 2 heterocycles. The number of benzene rings is 1. The number of piperazine rings is 1. The fourth-order valence-electron chi connectivity index (χ4n) is 3.73. The van der Waals surface area contributed by atoms with Gasteiger partial charge in [-0.3, -0.25) is 19.4 Å². The molecule has 0 bridgehead atoms. The summed E-state index contributed by atoms with van der Waals surface area (Å²) in [6.45, 7) is 7.06. The van der Waals surface area contributed by atoms with Gasteiger partial charge >= 0.3 is 0 Å². The van der Waals surface area contributed by atoms with Gasteiger partial charge in [-0.25, -0.2) is 0 Å². The number of carbonyl (C=O) groups excluding carboxylic acids is 2. The van der Waals surface area contributed by atoms with Crippen molar-refractivity contribution in [3.8, 4) is 0 Å². The number of nitrogens with zero attached hydrogens (tertiary/aromatic N) is 3. The van der Waals surface area contributed by atoms with Crippen LogP contribution in [0.2, 0.25) is 0 Å². The Bertz CT molecular complexity index is 712. The van der Waals surface area contributed by atoms with Gasteiger partial charge in [-0.05, 0) is 18.9 Å². The lowest BCUT2D eigenvalue weighted by atomic mass is 10.0. The van der Waals surface area contributed by atoms with Crippen molar-refractivity contribution in [1.82, 2.24) is 14.7 Å². The molecule has 0 spiro atoms. The second-order valence-electron chi connectivity index (χ2n) is 6.95. The van der Waals surface area contributed by atoms with E-state index in [0.29, 0.717) is 57.1 Å². The van der Waals surface area contributed by atoms with E-state index < -0.39 is 0 Å². The number of β-amino-alcohol motifs (C(OH)–C–C–N with tert-alkyl or cyclic N) is 1. The van der Waals surface area contributed by atoms with E-state index in [-0.39, 0.29) is 18.4 Å². The van der Waals surface area contributed by atoms with E-state index in [2.05, 4.69) is 4.90 Å². The molecule has 2 aliphatic heterocycles. The summed E-state index contributed by atoms with van der Waals surface area (Å²) in [7, 11) is 0. The number of aliphatic hydroxyl groups excluding tert-OH is 1. The molecule has 0 atom stereocenters. The first-order valence-electron chi connectivity index (χ1n) is 9.99. The first-order chi connectivity index (χ1) is 13.7. The normalized spacial score (nSPS) is 18.5. The van der Waals surface area contributed by atoms with E-state index in [1.54, 1.807) is 0 Å². The molecule has 1 N–H and O–H groups in total. The summed E-state index contributed by atoms with van der Waals surface area (Å²) in [5, 5.41) is 9.14. The molecule has 152 valence electrons. The van der Waals surface area contributed by atoms with Crippen LogP contribution in [0.1, 0.15) is 18.9 Å². The monoisotopic (exact) mass is 387 g/mol. The maximum absolute atomic E-state index is 13.2. The van der Waals surface area contributed by atoms with E-state index in [0.717, 1.165) is 18.7 Å². The van der Waals surface area contributed by atoms with Crippen molar-refractivity contribution >= 4 is 17.4 Å². The Hall–Kier alpha value is -2.22. The van der Waals surface area contributed by atoms with Crippen LogP contribution in [0.25, 0.3) is 5.57 Å². The Morgan fingerprint density at radius 1 is 1.00 bits per heavy atom. The van der Waals surface area contributed by atoms with Gasteiger partial charge in [0, 0.05) is 52.5 Å². The van der Waals surface area contributed by atoms with Crippen molar-refractivity contribution in [2.75, 3.05) is 59.1 Å². The van der Waals surface area contributed by atoms with Gasteiger partial charge in [0.2, 0.25) is 0 Å². The van der Waals surface area contributed by atoms with E-state index in [1.165, 1.54) is 4.90 Å². The molecule has 3 rings (SSSR count). The highest BCUT2D eigenvalue weighted by Gasteiger charge is 2.41. The third-order valence-electron chi connectivity index (χ3n) is 5.19. The minimum atomic E-state index is -0.222. The lowest BCUT2D eigenvalue weighted by Crippen LogP contribution is -2.48. The zero-order valence-electron chi connectivity index (χ0n) is 16.5. The quantitative estimate of drug-likeness (QED) is 0.499. The van der Waals surface area contributed by atoms with Gasteiger partial charge in [-0.15, -0.1) is 0 Å². The highest BCUT2D eigenvalue weighted by molar-refractivity contribution is 6.35. The standard InChI is InChI=1S/C21H29N3O4/c1-2-28-16-6-9-24-20(26)18(17-7-4-3-5-8-17)19(21(24)27)23-12-10-22(11-13-23)14-15-25/h3-5,7-8,25H,2,6,9-16H2,1H3. The Kier molecular flexibility index (Phi) is 7.19. The molecule has 1 aromatic rings. The van der Waals surface area contributed by atoms with Crippen LogP contribution >= 0.6 is 0 Å². The molecule has 0 saturated carbocycles. The predicted octanol–water partition coefficient (Wildman–Crippen LogP) is 0.803. The molecule has 0 unspecified atom stereocenters. The first-order valence-corrected chi connectivity index (χ1v) is 9.99. The van der Waals surface area contributed by atoms with Gasteiger partial charge in [0.05, 0.1) is 12.2 Å². The molecule has 0 radical (unpaired) electrons. The van der Waals surface area contributed by atoms with Gasteiger partial charge in [0.1, 0.15) is 5.70 Å². The molecule has 28 heavy (non-hydrogen) atoms. The third kappa shape index (κ3) is 4.43. The molecule has 0 aliphatic carbocycles. The van der Waals surface area contributed by atoms with Crippen LogP contribution in [-0.2, 0) is 14.3 Å². The van der Waals surface area contributed by atoms with Crippen LogP contribution in [0, 0.1) is 0 Å². The summed E-state index contributed by atoms with van der Waals surface area (Å²) in [4.78, 5) is 31.9. The van der Waals surface area contributed by atoms with Gasteiger partial charge in [-0.1, -0.05) is 30.3 Å². The smallest absolute Gasteiger partial charge is 0.277 e. The second-order valence-corrected chi connectivity index (χ2v) is 6.95. The number of rotatable bonds is 9. The maximum atomic E-state index is 13.2. The first kappa shape index (κ1) is 20.5. The molecular formula is C21H29N3O4. The minimum Gasteiger partial charge on any atom is -0.395 e. The fourth-order valence-corrected chi connectivity index (χ4v) is 3.73. The highest BCUT2D eigenvalue weighted by atomic mass is 16.5. The number of amides is 2. The van der Waals surface area contributed by atoms with Crippen LogP contribution in [0.3, 0.4) is 0 Å². The average molecular weight is 387 g/mol. The van der Waals surface area contributed by atoms with Gasteiger partial charge in [0.25, 0.3) is 11.8 Å². The topological polar surface area (TPSA) is 73.3 Å². The Labute approximate surface area is 166 Å². The zero-order chi connectivity index (χ0) is 19.9. The number of hydrogen-bond acceptors (Lipinski definition) is 6. The molecule has 1 aromatic carbocycles. The van der Waals surface area contributed by atoms with Crippen molar-refractivity contribution in [3.05, 3.63) is 41.6 Å². The van der Waals surface area contributed by atoms with Gasteiger partial charge in [0.15, 0.2) is 0 Å². The minimum absolute atomic E-state index is 0.128. The predicted molar refractivity (Wildman–Crippen MR) is 106 cm³/mol. The highest BCUT2D eigenvalue weighted by Crippen LogP contribution is 2.32. The number of aliphatic hydroxyl groups is 1. The van der Waals surface area contributed by atoms with Crippen LogP contribution in [0.5, 0.6) is 0 Å². The molecule has 7 nitrogen and oxygen atoms in total. The van der Waals surface area contributed by atoms with Crippen molar-refractivity contribution in [1.29, 1.82) is 0 Å².